The van der Waals surface area contributed by atoms with Gasteiger partial charge < -0.3 is 15.0 Å². The first-order valence-electron chi connectivity index (χ1n) is 12.4. The first-order chi connectivity index (χ1) is 17.8. The zero-order valence-corrected chi connectivity index (χ0v) is 20.0. The molecule has 0 saturated heterocycles. The zero-order chi connectivity index (χ0) is 24.3. The van der Waals surface area contributed by atoms with Gasteiger partial charge in [-0.2, -0.15) is 0 Å². The van der Waals surface area contributed by atoms with Crippen molar-refractivity contribution in [2.75, 3.05) is 11.9 Å². The molecule has 0 aliphatic heterocycles. The summed E-state index contributed by atoms with van der Waals surface area (Å²) in [6, 6.07) is 44.1. The highest BCUT2D eigenvalue weighted by molar-refractivity contribution is 6.15. The SMILES string of the molecule is O[C@H](CNc1ccccc1)Cn1c(-c2ccccc2)c(-c2ccccc2)c2ccc3ccccc3c21. The van der Waals surface area contributed by atoms with E-state index >= 15 is 0 Å². The molecule has 176 valence electrons. The van der Waals surface area contributed by atoms with Crippen molar-refractivity contribution in [2.24, 2.45) is 0 Å². The van der Waals surface area contributed by atoms with Gasteiger partial charge in [-0.15, -0.1) is 0 Å². The molecule has 0 radical (unpaired) electrons. The Balaban J connectivity index is 1.57. The van der Waals surface area contributed by atoms with E-state index in [4.69, 9.17) is 0 Å². The first-order valence-corrected chi connectivity index (χ1v) is 12.4. The van der Waals surface area contributed by atoms with Crippen molar-refractivity contribution < 1.29 is 5.11 Å². The van der Waals surface area contributed by atoms with Crippen molar-refractivity contribution >= 4 is 27.4 Å². The lowest BCUT2D eigenvalue weighted by atomic mass is 9.97. The third kappa shape index (κ3) is 4.15. The van der Waals surface area contributed by atoms with Crippen molar-refractivity contribution in [1.82, 2.24) is 4.57 Å². The van der Waals surface area contributed by atoms with Crippen molar-refractivity contribution in [2.45, 2.75) is 12.6 Å². The monoisotopic (exact) mass is 468 g/mol. The molecule has 0 unspecified atom stereocenters. The maximum absolute atomic E-state index is 11.3. The zero-order valence-electron chi connectivity index (χ0n) is 20.0. The minimum absolute atomic E-state index is 0.462. The van der Waals surface area contributed by atoms with Crippen molar-refractivity contribution in [1.29, 1.82) is 0 Å². The maximum atomic E-state index is 11.3. The second-order valence-corrected chi connectivity index (χ2v) is 9.15. The summed E-state index contributed by atoms with van der Waals surface area (Å²) in [4.78, 5) is 0. The Bertz CT molecular complexity index is 1610. The normalized spacial score (nSPS) is 12.1. The van der Waals surface area contributed by atoms with Crippen LogP contribution in [0, 0.1) is 0 Å². The van der Waals surface area contributed by atoms with Gasteiger partial charge >= 0.3 is 0 Å². The van der Waals surface area contributed by atoms with Crippen LogP contribution in [0.5, 0.6) is 0 Å². The molecule has 1 aromatic heterocycles. The van der Waals surface area contributed by atoms with Crippen LogP contribution in [0.15, 0.2) is 127 Å². The topological polar surface area (TPSA) is 37.2 Å². The van der Waals surface area contributed by atoms with Gasteiger partial charge in [0.2, 0.25) is 0 Å². The van der Waals surface area contributed by atoms with Gasteiger partial charge in [0.25, 0.3) is 0 Å². The van der Waals surface area contributed by atoms with E-state index in [-0.39, 0.29) is 0 Å². The molecule has 1 atom stereocenters. The highest BCUT2D eigenvalue weighted by atomic mass is 16.3. The van der Waals surface area contributed by atoms with Crippen LogP contribution in [0.4, 0.5) is 5.69 Å². The summed E-state index contributed by atoms with van der Waals surface area (Å²) in [6.45, 7) is 0.935. The first kappa shape index (κ1) is 22.1. The predicted molar refractivity (Wildman–Crippen MR) is 151 cm³/mol. The number of rotatable bonds is 7. The second kappa shape index (κ2) is 9.73. The van der Waals surface area contributed by atoms with E-state index in [2.05, 4.69) is 101 Å². The minimum atomic E-state index is -0.578. The van der Waals surface area contributed by atoms with Gasteiger partial charge in [-0.25, -0.2) is 0 Å². The van der Waals surface area contributed by atoms with E-state index in [0.717, 1.165) is 22.5 Å². The summed E-state index contributed by atoms with van der Waals surface area (Å²) in [6.07, 6.45) is -0.578. The molecule has 3 heteroatoms. The molecule has 0 amide bonds. The molecule has 6 aromatic rings. The quantitative estimate of drug-likeness (QED) is 0.253. The van der Waals surface area contributed by atoms with Crippen LogP contribution in [0.1, 0.15) is 0 Å². The Hall–Kier alpha value is -4.34. The van der Waals surface area contributed by atoms with Gasteiger partial charge in [-0.05, 0) is 28.6 Å². The molecule has 0 aliphatic carbocycles. The molecular weight excluding hydrogens is 440 g/mol. The fourth-order valence-corrected chi connectivity index (χ4v) is 5.16. The highest BCUT2D eigenvalue weighted by Gasteiger charge is 2.23. The number of nitrogens with zero attached hydrogens (tertiary/aromatic N) is 1. The van der Waals surface area contributed by atoms with Crippen LogP contribution in [-0.2, 0) is 6.54 Å². The number of hydrogen-bond donors (Lipinski definition) is 2. The summed E-state index contributed by atoms with van der Waals surface area (Å²) in [5.74, 6) is 0. The summed E-state index contributed by atoms with van der Waals surface area (Å²) in [5.41, 5.74) is 6.81. The molecule has 36 heavy (non-hydrogen) atoms. The van der Waals surface area contributed by atoms with Crippen LogP contribution >= 0.6 is 0 Å². The molecule has 0 fully saturated rings. The molecule has 2 N–H and O–H groups in total. The molecular formula is C33H28N2O. The van der Waals surface area contributed by atoms with Crippen LogP contribution in [0.25, 0.3) is 44.1 Å². The van der Waals surface area contributed by atoms with E-state index in [1.165, 1.54) is 27.3 Å². The van der Waals surface area contributed by atoms with Gasteiger partial charge in [0.05, 0.1) is 23.9 Å². The molecule has 0 bridgehead atoms. The Morgan fingerprint density at radius 1 is 0.611 bits per heavy atom. The number of benzene rings is 5. The van der Waals surface area contributed by atoms with Crippen molar-refractivity contribution in [3.8, 4) is 22.4 Å². The number of aliphatic hydroxyl groups is 1. The number of aliphatic hydroxyl groups excluding tert-OH is 1. The Labute approximate surface area is 211 Å². The number of anilines is 1. The molecule has 0 aliphatic rings. The minimum Gasteiger partial charge on any atom is -0.389 e. The Morgan fingerprint density at radius 2 is 1.22 bits per heavy atom. The van der Waals surface area contributed by atoms with Gasteiger partial charge in [-0.1, -0.05) is 115 Å². The molecule has 1 heterocycles. The standard InChI is InChI=1S/C33H28N2O/c36-28(22-34-27-17-8-3-9-18-27)23-35-32(26-15-6-2-7-16-26)31(25-13-4-1-5-14-25)30-21-20-24-12-10-11-19-29(24)33(30)35/h1-21,28,34,36H,22-23H2/t28-/m1/s1. The number of fused-ring (bicyclic) bond motifs is 3. The van der Waals surface area contributed by atoms with E-state index in [0.29, 0.717) is 13.1 Å². The van der Waals surface area contributed by atoms with E-state index in [1.807, 2.05) is 36.4 Å². The number of nitrogens with one attached hydrogen (secondary N) is 1. The van der Waals surface area contributed by atoms with Crippen molar-refractivity contribution in [3.63, 3.8) is 0 Å². The number of para-hydroxylation sites is 1. The van der Waals surface area contributed by atoms with Gasteiger partial charge in [0.15, 0.2) is 0 Å². The second-order valence-electron chi connectivity index (χ2n) is 9.15. The molecule has 0 spiro atoms. The largest absolute Gasteiger partial charge is 0.389 e. The smallest absolute Gasteiger partial charge is 0.0891 e. The fraction of sp³-hybridized carbons (Fsp3) is 0.0909. The van der Waals surface area contributed by atoms with Crippen LogP contribution in [0.2, 0.25) is 0 Å². The lowest BCUT2D eigenvalue weighted by molar-refractivity contribution is 0.169. The number of hydrogen-bond acceptors (Lipinski definition) is 2. The van der Waals surface area contributed by atoms with Gasteiger partial charge in [0.1, 0.15) is 0 Å². The van der Waals surface area contributed by atoms with Gasteiger partial charge in [-0.3, -0.25) is 0 Å². The van der Waals surface area contributed by atoms with E-state index < -0.39 is 6.10 Å². The van der Waals surface area contributed by atoms with Crippen molar-refractivity contribution in [3.05, 3.63) is 127 Å². The van der Waals surface area contributed by atoms with Crippen LogP contribution in [0.3, 0.4) is 0 Å². The number of aromatic nitrogens is 1. The average Bonchev–Trinajstić information content (AvgIpc) is 3.27. The van der Waals surface area contributed by atoms with E-state index in [9.17, 15) is 5.11 Å². The third-order valence-corrected chi connectivity index (χ3v) is 6.77. The third-order valence-electron chi connectivity index (χ3n) is 6.77. The summed E-state index contributed by atoms with van der Waals surface area (Å²) in [5, 5.41) is 18.2. The summed E-state index contributed by atoms with van der Waals surface area (Å²) in [7, 11) is 0. The molecule has 3 nitrogen and oxygen atoms in total. The summed E-state index contributed by atoms with van der Waals surface area (Å²) >= 11 is 0. The van der Waals surface area contributed by atoms with Gasteiger partial charge in [0, 0.05) is 28.6 Å². The fourth-order valence-electron chi connectivity index (χ4n) is 5.16. The maximum Gasteiger partial charge on any atom is 0.0891 e. The van der Waals surface area contributed by atoms with E-state index in [1.54, 1.807) is 0 Å². The molecule has 6 rings (SSSR count). The van der Waals surface area contributed by atoms with Crippen LogP contribution < -0.4 is 5.32 Å². The average molecular weight is 469 g/mol. The summed E-state index contributed by atoms with van der Waals surface area (Å²) < 4.78 is 2.33. The predicted octanol–water partition coefficient (Wildman–Crippen LogP) is 7.60. The van der Waals surface area contributed by atoms with Crippen LogP contribution in [-0.4, -0.2) is 22.3 Å². The molecule has 0 saturated carbocycles. The Morgan fingerprint density at radius 3 is 1.94 bits per heavy atom. The molecule has 5 aromatic carbocycles. The lowest BCUT2D eigenvalue weighted by Crippen LogP contribution is -2.25. The Kier molecular flexibility index (Phi) is 5.98. The lowest BCUT2D eigenvalue weighted by Gasteiger charge is -2.18. The highest BCUT2D eigenvalue weighted by Crippen LogP contribution is 2.43.